The van der Waals surface area contributed by atoms with Crippen molar-refractivity contribution < 1.29 is 14.3 Å². The molecule has 1 aliphatic carbocycles. The first kappa shape index (κ1) is 18.4. The van der Waals surface area contributed by atoms with E-state index in [0.717, 1.165) is 29.7 Å². The van der Waals surface area contributed by atoms with Crippen LogP contribution in [0, 0.1) is 19.8 Å². The summed E-state index contributed by atoms with van der Waals surface area (Å²) in [6.07, 6.45) is 8.21. The van der Waals surface area contributed by atoms with Crippen molar-refractivity contribution in [1.82, 2.24) is 19.9 Å². The van der Waals surface area contributed by atoms with Crippen LogP contribution >= 0.6 is 0 Å². The number of nitrogens with zero attached hydrogens (tertiary/aromatic N) is 3. The van der Waals surface area contributed by atoms with E-state index in [9.17, 15) is 9.59 Å². The zero-order valence-electron chi connectivity index (χ0n) is 15.6. The number of carbonyl (C=O) groups is 2. The van der Waals surface area contributed by atoms with Crippen LogP contribution in [0.2, 0.25) is 0 Å². The van der Waals surface area contributed by atoms with Crippen LogP contribution in [0.4, 0.5) is 0 Å². The lowest BCUT2D eigenvalue weighted by Gasteiger charge is -2.25. The van der Waals surface area contributed by atoms with Gasteiger partial charge in [-0.25, -0.2) is 14.3 Å². The topological polar surface area (TPSA) is 85.6 Å². The number of ether oxygens (including phenoxy) is 1. The SMILES string of the molecule is COC(=O)[C@H](CC1CCCCC1)NC(=O)c1cc(C)c2nc(C)cn2n1. The van der Waals surface area contributed by atoms with Crippen LogP contribution in [0.1, 0.15) is 60.3 Å². The summed E-state index contributed by atoms with van der Waals surface area (Å²) < 4.78 is 6.50. The number of hydrogen-bond acceptors (Lipinski definition) is 5. The monoisotopic (exact) mass is 358 g/mol. The molecule has 1 atom stereocenters. The summed E-state index contributed by atoms with van der Waals surface area (Å²) in [6, 6.07) is 1.06. The highest BCUT2D eigenvalue weighted by Gasteiger charge is 2.27. The lowest BCUT2D eigenvalue weighted by atomic mass is 9.85. The molecule has 1 N–H and O–H groups in total. The summed E-state index contributed by atoms with van der Waals surface area (Å²) in [6.45, 7) is 3.77. The molecule has 2 aromatic heterocycles. The van der Waals surface area contributed by atoms with Crippen molar-refractivity contribution in [1.29, 1.82) is 0 Å². The van der Waals surface area contributed by atoms with Crippen molar-refractivity contribution in [2.75, 3.05) is 7.11 Å². The molecule has 0 aliphatic heterocycles. The van der Waals surface area contributed by atoms with Crippen LogP contribution in [0.15, 0.2) is 12.3 Å². The Balaban J connectivity index is 1.77. The minimum absolute atomic E-state index is 0.268. The Morgan fingerprint density at radius 1 is 1.31 bits per heavy atom. The maximum absolute atomic E-state index is 12.7. The summed E-state index contributed by atoms with van der Waals surface area (Å²) in [5, 5.41) is 7.15. The van der Waals surface area contributed by atoms with Crippen LogP contribution in [0.25, 0.3) is 5.65 Å². The van der Waals surface area contributed by atoms with Gasteiger partial charge in [0.2, 0.25) is 0 Å². The molecule has 2 heterocycles. The number of nitrogens with one attached hydrogen (secondary N) is 1. The Morgan fingerprint density at radius 2 is 2.04 bits per heavy atom. The molecule has 0 saturated heterocycles. The Bertz CT molecular complexity index is 808. The average molecular weight is 358 g/mol. The number of esters is 1. The van der Waals surface area contributed by atoms with Gasteiger partial charge < -0.3 is 10.1 Å². The molecule has 1 fully saturated rings. The predicted octanol–water partition coefficient (Wildman–Crippen LogP) is 2.59. The molecule has 1 saturated carbocycles. The van der Waals surface area contributed by atoms with E-state index in [4.69, 9.17) is 4.74 Å². The molecule has 26 heavy (non-hydrogen) atoms. The Hall–Kier alpha value is -2.44. The quantitative estimate of drug-likeness (QED) is 0.830. The molecule has 140 valence electrons. The second-order valence-electron chi connectivity index (χ2n) is 7.15. The van der Waals surface area contributed by atoms with E-state index < -0.39 is 12.0 Å². The van der Waals surface area contributed by atoms with Crippen molar-refractivity contribution in [3.8, 4) is 0 Å². The Morgan fingerprint density at radius 3 is 2.73 bits per heavy atom. The molecule has 7 heteroatoms. The smallest absolute Gasteiger partial charge is 0.328 e. The minimum Gasteiger partial charge on any atom is -0.467 e. The first-order chi connectivity index (χ1) is 12.5. The fourth-order valence-electron chi connectivity index (χ4n) is 3.70. The van der Waals surface area contributed by atoms with Gasteiger partial charge >= 0.3 is 5.97 Å². The van der Waals surface area contributed by atoms with E-state index in [0.29, 0.717) is 12.3 Å². The zero-order chi connectivity index (χ0) is 18.7. The van der Waals surface area contributed by atoms with Crippen molar-refractivity contribution in [3.63, 3.8) is 0 Å². The van der Waals surface area contributed by atoms with Crippen molar-refractivity contribution in [2.24, 2.45) is 5.92 Å². The number of hydrogen-bond donors (Lipinski definition) is 1. The number of amides is 1. The van der Waals surface area contributed by atoms with Gasteiger partial charge in [-0.15, -0.1) is 0 Å². The lowest BCUT2D eigenvalue weighted by Crippen LogP contribution is -2.43. The molecule has 3 rings (SSSR count). The molecule has 0 spiro atoms. The first-order valence-corrected chi connectivity index (χ1v) is 9.20. The van der Waals surface area contributed by atoms with E-state index in [-0.39, 0.29) is 11.6 Å². The van der Waals surface area contributed by atoms with Gasteiger partial charge in [-0.3, -0.25) is 4.79 Å². The molecule has 2 aromatic rings. The summed E-state index contributed by atoms with van der Waals surface area (Å²) in [4.78, 5) is 29.3. The van der Waals surface area contributed by atoms with E-state index in [2.05, 4.69) is 15.4 Å². The third kappa shape index (κ3) is 4.03. The van der Waals surface area contributed by atoms with Crippen LogP contribution in [-0.4, -0.2) is 39.6 Å². The molecule has 0 radical (unpaired) electrons. The number of carbonyl (C=O) groups excluding carboxylic acids is 2. The molecular weight excluding hydrogens is 332 g/mol. The maximum Gasteiger partial charge on any atom is 0.328 e. The summed E-state index contributed by atoms with van der Waals surface area (Å²) >= 11 is 0. The van der Waals surface area contributed by atoms with Crippen molar-refractivity contribution in [2.45, 2.75) is 58.4 Å². The van der Waals surface area contributed by atoms with Crippen LogP contribution in [-0.2, 0) is 9.53 Å². The molecule has 0 unspecified atom stereocenters. The third-order valence-electron chi connectivity index (χ3n) is 5.05. The van der Waals surface area contributed by atoms with Crippen molar-refractivity contribution >= 4 is 17.5 Å². The molecule has 0 aromatic carbocycles. The van der Waals surface area contributed by atoms with Crippen LogP contribution < -0.4 is 5.32 Å². The van der Waals surface area contributed by atoms with E-state index >= 15 is 0 Å². The minimum atomic E-state index is -0.641. The number of imidazole rings is 1. The average Bonchev–Trinajstić information content (AvgIpc) is 3.02. The number of fused-ring (bicyclic) bond motifs is 1. The number of rotatable bonds is 5. The standard InChI is InChI=1S/C19H26N4O3/c1-12-9-15(22-23-11-13(2)20-17(12)23)18(24)21-16(19(25)26-3)10-14-7-5-4-6-8-14/h9,11,14,16H,4-8,10H2,1-3H3,(H,21,24)/t16-/m0/s1. The highest BCUT2D eigenvalue weighted by Crippen LogP contribution is 2.27. The number of aromatic nitrogens is 3. The molecule has 1 amide bonds. The number of methoxy groups -OCH3 is 1. The largest absolute Gasteiger partial charge is 0.467 e. The van der Waals surface area contributed by atoms with Gasteiger partial charge in [0.25, 0.3) is 5.91 Å². The second kappa shape index (κ2) is 7.85. The van der Waals surface area contributed by atoms with Gasteiger partial charge in [0.15, 0.2) is 5.65 Å². The van der Waals surface area contributed by atoms with Gasteiger partial charge in [0.1, 0.15) is 11.7 Å². The van der Waals surface area contributed by atoms with Crippen molar-refractivity contribution in [3.05, 3.63) is 29.2 Å². The highest BCUT2D eigenvalue weighted by molar-refractivity contribution is 5.95. The number of aryl methyl sites for hydroxylation is 2. The fraction of sp³-hybridized carbons (Fsp3) is 0.579. The highest BCUT2D eigenvalue weighted by atomic mass is 16.5. The van der Waals surface area contributed by atoms with Crippen LogP contribution in [0.3, 0.4) is 0 Å². The lowest BCUT2D eigenvalue weighted by molar-refractivity contribution is -0.143. The second-order valence-corrected chi connectivity index (χ2v) is 7.15. The van der Waals surface area contributed by atoms with Gasteiger partial charge in [-0.1, -0.05) is 32.1 Å². The normalized spacial score (nSPS) is 16.4. The summed E-state index contributed by atoms with van der Waals surface area (Å²) in [5.74, 6) is -0.325. The van der Waals surface area contributed by atoms with Gasteiger partial charge in [-0.05, 0) is 37.8 Å². The summed E-state index contributed by atoms with van der Waals surface area (Å²) in [7, 11) is 1.35. The van der Waals surface area contributed by atoms with E-state index in [1.54, 1.807) is 16.8 Å². The first-order valence-electron chi connectivity index (χ1n) is 9.20. The molecule has 1 aliphatic rings. The van der Waals surface area contributed by atoms with Gasteiger partial charge in [0.05, 0.1) is 19.0 Å². The predicted molar refractivity (Wildman–Crippen MR) is 96.9 cm³/mol. The maximum atomic E-state index is 12.7. The van der Waals surface area contributed by atoms with Crippen LogP contribution in [0.5, 0.6) is 0 Å². The van der Waals surface area contributed by atoms with E-state index in [1.807, 2.05) is 13.8 Å². The van der Waals surface area contributed by atoms with Gasteiger partial charge in [0, 0.05) is 0 Å². The Labute approximate surface area is 153 Å². The third-order valence-corrected chi connectivity index (χ3v) is 5.05. The van der Waals surface area contributed by atoms with Gasteiger partial charge in [-0.2, -0.15) is 5.10 Å². The molecular formula is C19H26N4O3. The Kier molecular flexibility index (Phi) is 5.54. The fourth-order valence-corrected chi connectivity index (χ4v) is 3.70. The van der Waals surface area contributed by atoms with E-state index in [1.165, 1.54) is 26.4 Å². The zero-order valence-corrected chi connectivity index (χ0v) is 15.6. The molecule has 0 bridgehead atoms. The molecule has 7 nitrogen and oxygen atoms in total. The summed E-state index contributed by atoms with van der Waals surface area (Å²) in [5.41, 5.74) is 2.69.